The topological polar surface area (TPSA) is 54.9 Å². The van der Waals surface area contributed by atoms with Crippen molar-refractivity contribution >= 4 is 49.6 Å². The Morgan fingerprint density at radius 3 is 2.83 bits per heavy atom. The van der Waals surface area contributed by atoms with Crippen LogP contribution in [0.4, 0.5) is 5.13 Å². The lowest BCUT2D eigenvalue weighted by molar-refractivity contribution is -0.111. The van der Waals surface area contributed by atoms with E-state index in [0.717, 1.165) is 26.7 Å². The van der Waals surface area contributed by atoms with Crippen molar-refractivity contribution in [1.82, 2.24) is 9.97 Å². The molecule has 0 unspecified atom stereocenters. The lowest BCUT2D eigenvalue weighted by Gasteiger charge is -2.00. The SMILES string of the molecule is O=C(/C=C/c1cccc2cccnc12)Nc1nc2ccccc2s1. The Kier molecular flexibility index (Phi) is 3.76. The molecule has 2 aromatic carbocycles. The van der Waals surface area contributed by atoms with Gasteiger partial charge in [0.1, 0.15) is 0 Å². The summed E-state index contributed by atoms with van der Waals surface area (Å²) in [6, 6.07) is 17.6. The molecule has 0 bridgehead atoms. The predicted molar refractivity (Wildman–Crippen MR) is 99.0 cm³/mol. The minimum atomic E-state index is -0.206. The number of nitrogens with one attached hydrogen (secondary N) is 1. The Labute approximate surface area is 142 Å². The molecule has 2 aromatic heterocycles. The van der Waals surface area contributed by atoms with Gasteiger partial charge in [0.25, 0.3) is 0 Å². The molecule has 0 radical (unpaired) electrons. The molecule has 0 aliphatic rings. The van der Waals surface area contributed by atoms with Crippen LogP contribution in [0, 0.1) is 0 Å². The zero-order valence-corrected chi connectivity index (χ0v) is 13.5. The van der Waals surface area contributed by atoms with E-state index in [1.54, 1.807) is 12.3 Å². The van der Waals surface area contributed by atoms with Gasteiger partial charge in [0, 0.05) is 23.2 Å². The van der Waals surface area contributed by atoms with Crippen LogP contribution in [0.5, 0.6) is 0 Å². The summed E-state index contributed by atoms with van der Waals surface area (Å²) in [6.07, 6.45) is 5.04. The molecule has 0 aliphatic heterocycles. The maximum atomic E-state index is 12.1. The fourth-order valence-corrected chi connectivity index (χ4v) is 3.37. The number of rotatable bonds is 3. The van der Waals surface area contributed by atoms with Crippen LogP contribution in [0.15, 0.2) is 66.9 Å². The molecule has 4 nitrogen and oxygen atoms in total. The van der Waals surface area contributed by atoms with Crippen LogP contribution >= 0.6 is 11.3 Å². The fourth-order valence-electron chi connectivity index (χ4n) is 2.50. The second-order valence-electron chi connectivity index (χ2n) is 5.23. The van der Waals surface area contributed by atoms with E-state index in [1.807, 2.05) is 54.6 Å². The van der Waals surface area contributed by atoms with Crippen molar-refractivity contribution in [3.63, 3.8) is 0 Å². The van der Waals surface area contributed by atoms with Crippen LogP contribution in [-0.2, 0) is 4.79 Å². The van der Waals surface area contributed by atoms with Gasteiger partial charge in [0.15, 0.2) is 5.13 Å². The van der Waals surface area contributed by atoms with Crippen molar-refractivity contribution in [3.05, 3.63) is 72.4 Å². The van der Waals surface area contributed by atoms with Crippen LogP contribution < -0.4 is 5.32 Å². The average Bonchev–Trinajstić information content (AvgIpc) is 3.02. The van der Waals surface area contributed by atoms with Crippen LogP contribution in [0.25, 0.3) is 27.2 Å². The Bertz CT molecular complexity index is 1030. The summed E-state index contributed by atoms with van der Waals surface area (Å²) >= 11 is 1.46. The molecular weight excluding hydrogens is 318 g/mol. The number of para-hydroxylation sites is 2. The minimum Gasteiger partial charge on any atom is -0.298 e. The van der Waals surface area contributed by atoms with Gasteiger partial charge in [-0.3, -0.25) is 15.1 Å². The molecule has 4 rings (SSSR count). The average molecular weight is 331 g/mol. The summed E-state index contributed by atoms with van der Waals surface area (Å²) in [6.45, 7) is 0. The van der Waals surface area contributed by atoms with E-state index in [0.29, 0.717) is 5.13 Å². The van der Waals surface area contributed by atoms with Gasteiger partial charge in [-0.05, 0) is 24.3 Å². The number of benzene rings is 2. The summed E-state index contributed by atoms with van der Waals surface area (Å²) in [4.78, 5) is 20.9. The molecule has 1 N–H and O–H groups in total. The summed E-state index contributed by atoms with van der Waals surface area (Å²) in [5, 5.41) is 4.46. The third-order valence-electron chi connectivity index (χ3n) is 3.60. The number of fused-ring (bicyclic) bond motifs is 2. The first-order chi connectivity index (χ1) is 11.8. The van der Waals surface area contributed by atoms with E-state index in [2.05, 4.69) is 15.3 Å². The van der Waals surface area contributed by atoms with E-state index in [9.17, 15) is 4.79 Å². The van der Waals surface area contributed by atoms with Crippen molar-refractivity contribution < 1.29 is 4.79 Å². The second kappa shape index (κ2) is 6.22. The number of hydrogen-bond donors (Lipinski definition) is 1. The predicted octanol–water partition coefficient (Wildman–Crippen LogP) is 4.50. The maximum Gasteiger partial charge on any atom is 0.250 e. The van der Waals surface area contributed by atoms with Crippen molar-refractivity contribution in [2.75, 3.05) is 5.32 Å². The van der Waals surface area contributed by atoms with Gasteiger partial charge in [0.05, 0.1) is 15.7 Å². The minimum absolute atomic E-state index is 0.206. The number of amides is 1. The van der Waals surface area contributed by atoms with E-state index in [4.69, 9.17) is 0 Å². The Morgan fingerprint density at radius 1 is 1.04 bits per heavy atom. The highest BCUT2D eigenvalue weighted by molar-refractivity contribution is 7.22. The standard InChI is InChI=1S/C19H13N3OS/c23-17(22-19-21-15-8-1-2-9-16(15)24-19)11-10-14-6-3-5-13-7-4-12-20-18(13)14/h1-12H,(H,21,22,23)/b11-10+. The monoisotopic (exact) mass is 331 g/mol. The van der Waals surface area contributed by atoms with Crippen LogP contribution in [0.2, 0.25) is 0 Å². The Balaban J connectivity index is 1.55. The largest absolute Gasteiger partial charge is 0.298 e. The molecule has 0 aliphatic carbocycles. The number of nitrogens with zero attached hydrogens (tertiary/aromatic N) is 2. The van der Waals surface area contributed by atoms with E-state index < -0.39 is 0 Å². The molecule has 24 heavy (non-hydrogen) atoms. The summed E-state index contributed by atoms with van der Waals surface area (Å²) in [5.41, 5.74) is 2.68. The van der Waals surface area contributed by atoms with Crippen LogP contribution in [0.1, 0.15) is 5.56 Å². The van der Waals surface area contributed by atoms with Crippen LogP contribution in [0.3, 0.4) is 0 Å². The van der Waals surface area contributed by atoms with E-state index >= 15 is 0 Å². The summed E-state index contributed by atoms with van der Waals surface area (Å²) in [5.74, 6) is -0.206. The zero-order chi connectivity index (χ0) is 16.4. The fraction of sp³-hybridized carbons (Fsp3) is 0. The first kappa shape index (κ1) is 14.5. The van der Waals surface area contributed by atoms with Crippen molar-refractivity contribution in [1.29, 1.82) is 0 Å². The molecule has 4 aromatic rings. The summed E-state index contributed by atoms with van der Waals surface area (Å²) < 4.78 is 1.05. The molecule has 1 amide bonds. The van der Waals surface area contributed by atoms with Crippen molar-refractivity contribution in [3.8, 4) is 0 Å². The molecule has 0 saturated carbocycles. The Hall–Kier alpha value is -3.05. The smallest absolute Gasteiger partial charge is 0.250 e. The highest BCUT2D eigenvalue weighted by Crippen LogP contribution is 2.25. The van der Waals surface area contributed by atoms with E-state index in [-0.39, 0.29) is 5.91 Å². The first-order valence-corrected chi connectivity index (χ1v) is 8.30. The van der Waals surface area contributed by atoms with Crippen molar-refractivity contribution in [2.45, 2.75) is 0 Å². The lowest BCUT2D eigenvalue weighted by atomic mass is 10.1. The Morgan fingerprint density at radius 2 is 1.92 bits per heavy atom. The highest BCUT2D eigenvalue weighted by atomic mass is 32.1. The van der Waals surface area contributed by atoms with Gasteiger partial charge < -0.3 is 0 Å². The van der Waals surface area contributed by atoms with Gasteiger partial charge in [-0.1, -0.05) is 47.7 Å². The zero-order valence-electron chi connectivity index (χ0n) is 12.6. The number of hydrogen-bond acceptors (Lipinski definition) is 4. The van der Waals surface area contributed by atoms with Gasteiger partial charge in [-0.25, -0.2) is 4.98 Å². The molecule has 0 spiro atoms. The van der Waals surface area contributed by atoms with Gasteiger partial charge in [-0.15, -0.1) is 0 Å². The first-order valence-electron chi connectivity index (χ1n) is 7.48. The lowest BCUT2D eigenvalue weighted by Crippen LogP contribution is -2.07. The van der Waals surface area contributed by atoms with E-state index in [1.165, 1.54) is 17.4 Å². The second-order valence-corrected chi connectivity index (χ2v) is 6.26. The number of pyridine rings is 1. The molecule has 0 atom stereocenters. The van der Waals surface area contributed by atoms with Gasteiger partial charge >= 0.3 is 0 Å². The third kappa shape index (κ3) is 2.89. The van der Waals surface area contributed by atoms with Gasteiger partial charge in [0.2, 0.25) is 5.91 Å². The normalized spacial score (nSPS) is 11.3. The molecule has 5 heteroatoms. The number of carbonyl (C=O) groups excluding carboxylic acids is 1. The number of carbonyl (C=O) groups is 1. The molecule has 116 valence electrons. The van der Waals surface area contributed by atoms with Gasteiger partial charge in [-0.2, -0.15) is 0 Å². The van der Waals surface area contributed by atoms with Crippen LogP contribution in [-0.4, -0.2) is 15.9 Å². The summed E-state index contributed by atoms with van der Waals surface area (Å²) in [7, 11) is 0. The third-order valence-corrected chi connectivity index (χ3v) is 4.55. The highest BCUT2D eigenvalue weighted by Gasteiger charge is 2.05. The maximum absolute atomic E-state index is 12.1. The molecule has 0 fully saturated rings. The number of thiazole rings is 1. The van der Waals surface area contributed by atoms with Crippen molar-refractivity contribution in [2.24, 2.45) is 0 Å². The molecular formula is C19H13N3OS. The number of aromatic nitrogens is 2. The number of anilines is 1. The molecule has 0 saturated heterocycles. The molecule has 2 heterocycles. The quantitative estimate of drug-likeness (QED) is 0.563.